The summed E-state index contributed by atoms with van der Waals surface area (Å²) in [4.78, 5) is 6.91. The Bertz CT molecular complexity index is 664. The van der Waals surface area contributed by atoms with Crippen LogP contribution >= 0.6 is 0 Å². The predicted molar refractivity (Wildman–Crippen MR) is 69.7 cm³/mol. The number of aryl methyl sites for hydroxylation is 1. The van der Waals surface area contributed by atoms with Crippen LogP contribution in [0.3, 0.4) is 0 Å². The Morgan fingerprint density at radius 1 is 1.47 bits per heavy atom. The van der Waals surface area contributed by atoms with E-state index in [1.807, 2.05) is 13.0 Å². The molecule has 2 rings (SSSR count). The maximum atomic E-state index is 12.0. The lowest BCUT2D eigenvalue weighted by Crippen LogP contribution is -2.23. The first-order chi connectivity index (χ1) is 9.03. The molecule has 2 heterocycles. The number of sulfonamides is 1. The molecule has 0 aliphatic carbocycles. The summed E-state index contributed by atoms with van der Waals surface area (Å²) in [5.74, 6) is 0. The van der Waals surface area contributed by atoms with Crippen LogP contribution < -0.4 is 4.72 Å². The summed E-state index contributed by atoms with van der Waals surface area (Å²) >= 11 is 0. The van der Waals surface area contributed by atoms with Crippen LogP contribution in [-0.2, 0) is 23.2 Å². The molecule has 0 aliphatic rings. The van der Waals surface area contributed by atoms with Gasteiger partial charge in [0, 0.05) is 18.1 Å². The van der Waals surface area contributed by atoms with Crippen molar-refractivity contribution >= 4 is 10.0 Å². The summed E-state index contributed by atoms with van der Waals surface area (Å²) < 4.78 is 26.5. The van der Waals surface area contributed by atoms with E-state index in [-0.39, 0.29) is 18.0 Å². The van der Waals surface area contributed by atoms with Gasteiger partial charge in [0.15, 0.2) is 0 Å². The molecule has 102 valence electrons. The van der Waals surface area contributed by atoms with Crippen molar-refractivity contribution in [3.05, 3.63) is 47.5 Å². The van der Waals surface area contributed by atoms with Gasteiger partial charge >= 0.3 is 0 Å². The first-order valence-corrected chi connectivity index (χ1v) is 7.19. The molecule has 0 bridgehead atoms. The fourth-order valence-electron chi connectivity index (χ4n) is 1.62. The number of H-pyrrole nitrogens is 1. The molecule has 2 aromatic heterocycles. The van der Waals surface area contributed by atoms with E-state index < -0.39 is 10.0 Å². The van der Waals surface area contributed by atoms with Gasteiger partial charge in [-0.25, -0.2) is 13.1 Å². The number of nitrogens with zero attached hydrogens (tertiary/aromatic N) is 1. The Balaban J connectivity index is 2.12. The lowest BCUT2D eigenvalue weighted by molar-refractivity contribution is 0.277. The van der Waals surface area contributed by atoms with Crippen molar-refractivity contribution in [2.75, 3.05) is 0 Å². The molecule has 0 spiro atoms. The van der Waals surface area contributed by atoms with Gasteiger partial charge in [0.1, 0.15) is 0 Å². The van der Waals surface area contributed by atoms with E-state index in [2.05, 4.69) is 14.7 Å². The van der Waals surface area contributed by atoms with Crippen LogP contribution in [0.4, 0.5) is 0 Å². The highest BCUT2D eigenvalue weighted by Gasteiger charge is 2.16. The molecule has 3 N–H and O–H groups in total. The smallest absolute Gasteiger partial charge is 0.242 e. The lowest BCUT2D eigenvalue weighted by Gasteiger charge is -2.06. The average molecular weight is 281 g/mol. The first kappa shape index (κ1) is 13.7. The highest BCUT2D eigenvalue weighted by Crippen LogP contribution is 2.11. The molecule has 0 unspecified atom stereocenters. The zero-order valence-electron chi connectivity index (χ0n) is 10.4. The van der Waals surface area contributed by atoms with E-state index in [4.69, 9.17) is 5.11 Å². The number of aliphatic hydroxyl groups excluding tert-OH is 1. The zero-order valence-corrected chi connectivity index (χ0v) is 11.2. The van der Waals surface area contributed by atoms with E-state index in [0.29, 0.717) is 11.4 Å². The van der Waals surface area contributed by atoms with Crippen molar-refractivity contribution in [3.8, 4) is 0 Å². The maximum absolute atomic E-state index is 12.0. The van der Waals surface area contributed by atoms with Crippen LogP contribution in [0.25, 0.3) is 0 Å². The zero-order chi connectivity index (χ0) is 13.9. The Kier molecular flexibility index (Phi) is 3.98. The standard InChI is InChI=1S/C12H15N3O3S/c1-9-3-2-4-13-12(9)7-15-19(17,18)11-5-10(8-16)14-6-11/h2-6,14-16H,7-8H2,1H3. The number of hydrogen-bond acceptors (Lipinski definition) is 4. The maximum Gasteiger partial charge on any atom is 0.242 e. The van der Waals surface area contributed by atoms with Crippen LogP contribution in [0.1, 0.15) is 17.0 Å². The largest absolute Gasteiger partial charge is 0.390 e. The summed E-state index contributed by atoms with van der Waals surface area (Å²) in [6, 6.07) is 5.07. The van der Waals surface area contributed by atoms with Crippen molar-refractivity contribution < 1.29 is 13.5 Å². The minimum Gasteiger partial charge on any atom is -0.390 e. The molecule has 0 aromatic carbocycles. The molecule has 19 heavy (non-hydrogen) atoms. The van der Waals surface area contributed by atoms with Crippen LogP contribution in [0.15, 0.2) is 35.5 Å². The van der Waals surface area contributed by atoms with Gasteiger partial charge in [0.2, 0.25) is 10.0 Å². The molecule has 0 aliphatic heterocycles. The van der Waals surface area contributed by atoms with Crippen molar-refractivity contribution in [2.24, 2.45) is 0 Å². The molecule has 7 heteroatoms. The molecule has 2 aromatic rings. The molecule has 0 radical (unpaired) electrons. The Labute approximate surface area is 111 Å². The molecular weight excluding hydrogens is 266 g/mol. The van der Waals surface area contributed by atoms with Crippen molar-refractivity contribution in [2.45, 2.75) is 25.0 Å². The monoisotopic (exact) mass is 281 g/mol. The number of pyridine rings is 1. The van der Waals surface area contributed by atoms with Crippen LogP contribution in [-0.4, -0.2) is 23.5 Å². The third-order valence-electron chi connectivity index (χ3n) is 2.74. The second-order valence-corrected chi connectivity index (χ2v) is 5.88. The van der Waals surface area contributed by atoms with Gasteiger partial charge in [-0.15, -0.1) is 0 Å². The molecule has 0 atom stereocenters. The van der Waals surface area contributed by atoms with E-state index in [1.54, 1.807) is 12.3 Å². The first-order valence-electron chi connectivity index (χ1n) is 5.71. The number of aliphatic hydroxyl groups is 1. The van der Waals surface area contributed by atoms with E-state index >= 15 is 0 Å². The highest BCUT2D eigenvalue weighted by molar-refractivity contribution is 7.89. The van der Waals surface area contributed by atoms with Gasteiger partial charge < -0.3 is 10.1 Å². The van der Waals surface area contributed by atoms with Crippen molar-refractivity contribution in [1.29, 1.82) is 0 Å². The van der Waals surface area contributed by atoms with Gasteiger partial charge in [-0.3, -0.25) is 4.98 Å². The van der Waals surface area contributed by atoms with Gasteiger partial charge in [-0.2, -0.15) is 0 Å². The van der Waals surface area contributed by atoms with E-state index in [9.17, 15) is 8.42 Å². The minimum absolute atomic E-state index is 0.102. The number of nitrogens with one attached hydrogen (secondary N) is 2. The van der Waals surface area contributed by atoms with Crippen molar-refractivity contribution in [1.82, 2.24) is 14.7 Å². The molecule has 6 nitrogen and oxygen atoms in total. The van der Waals surface area contributed by atoms with E-state index in [1.165, 1.54) is 12.3 Å². The van der Waals surface area contributed by atoms with Gasteiger partial charge in [-0.05, 0) is 24.6 Å². The molecular formula is C12H15N3O3S. The summed E-state index contributed by atoms with van der Waals surface area (Å²) in [6.45, 7) is 1.78. The molecule has 0 fully saturated rings. The minimum atomic E-state index is -3.60. The van der Waals surface area contributed by atoms with Crippen LogP contribution in [0, 0.1) is 6.92 Å². The average Bonchev–Trinajstić information content (AvgIpc) is 2.87. The number of aromatic amines is 1. The third kappa shape index (κ3) is 3.19. The fraction of sp³-hybridized carbons (Fsp3) is 0.250. The summed E-state index contributed by atoms with van der Waals surface area (Å²) in [5.41, 5.74) is 2.06. The second kappa shape index (κ2) is 5.52. The summed E-state index contributed by atoms with van der Waals surface area (Å²) in [5, 5.41) is 8.90. The summed E-state index contributed by atoms with van der Waals surface area (Å²) in [6.07, 6.45) is 2.97. The van der Waals surface area contributed by atoms with Crippen molar-refractivity contribution in [3.63, 3.8) is 0 Å². The Morgan fingerprint density at radius 3 is 2.89 bits per heavy atom. The van der Waals surface area contributed by atoms with Gasteiger partial charge in [0.05, 0.1) is 23.7 Å². The quantitative estimate of drug-likeness (QED) is 0.751. The predicted octanol–water partition coefficient (Wildman–Crippen LogP) is 0.689. The number of aromatic nitrogens is 2. The van der Waals surface area contributed by atoms with Gasteiger partial charge in [-0.1, -0.05) is 6.07 Å². The second-order valence-electron chi connectivity index (χ2n) is 4.11. The molecule has 0 saturated carbocycles. The number of hydrogen-bond donors (Lipinski definition) is 3. The van der Waals surface area contributed by atoms with E-state index in [0.717, 1.165) is 5.56 Å². The Hall–Kier alpha value is -1.70. The number of rotatable bonds is 5. The topological polar surface area (TPSA) is 95.1 Å². The third-order valence-corrected chi connectivity index (χ3v) is 4.13. The Morgan fingerprint density at radius 2 is 2.26 bits per heavy atom. The normalized spacial score (nSPS) is 11.7. The molecule has 0 amide bonds. The summed E-state index contributed by atoms with van der Waals surface area (Å²) in [7, 11) is -3.60. The van der Waals surface area contributed by atoms with Crippen LogP contribution in [0.5, 0.6) is 0 Å². The molecule has 0 saturated heterocycles. The van der Waals surface area contributed by atoms with Crippen LogP contribution in [0.2, 0.25) is 0 Å². The fourth-order valence-corrected chi connectivity index (χ4v) is 2.62. The lowest BCUT2D eigenvalue weighted by atomic mass is 10.2. The highest BCUT2D eigenvalue weighted by atomic mass is 32.2. The van der Waals surface area contributed by atoms with Gasteiger partial charge in [0.25, 0.3) is 0 Å². The SMILES string of the molecule is Cc1cccnc1CNS(=O)(=O)c1c[nH]c(CO)c1.